The van der Waals surface area contributed by atoms with Crippen molar-refractivity contribution < 1.29 is 8.78 Å². The summed E-state index contributed by atoms with van der Waals surface area (Å²) in [5.74, 6) is -0.543. The van der Waals surface area contributed by atoms with E-state index in [4.69, 9.17) is 5.73 Å². The van der Waals surface area contributed by atoms with Gasteiger partial charge < -0.3 is 5.73 Å². The Kier molecular flexibility index (Phi) is 4.81. The van der Waals surface area contributed by atoms with E-state index < -0.39 is 0 Å². The number of hydrogen-bond donors (Lipinski definition) is 1. The summed E-state index contributed by atoms with van der Waals surface area (Å²) >= 11 is 0. The molecule has 1 aromatic heterocycles. The average molecular weight is 373 g/mol. The van der Waals surface area contributed by atoms with Crippen LogP contribution in [0.2, 0.25) is 0 Å². The van der Waals surface area contributed by atoms with E-state index in [9.17, 15) is 8.78 Å². The summed E-state index contributed by atoms with van der Waals surface area (Å²) in [5.41, 5.74) is 10.7. The largest absolute Gasteiger partial charge is 0.368 e. The van der Waals surface area contributed by atoms with Crippen molar-refractivity contribution in [2.45, 2.75) is 6.42 Å². The third-order valence-corrected chi connectivity index (χ3v) is 4.48. The van der Waals surface area contributed by atoms with Crippen LogP contribution in [0.25, 0.3) is 22.5 Å². The molecule has 0 unspecified atom stereocenters. The van der Waals surface area contributed by atoms with Crippen molar-refractivity contribution in [3.63, 3.8) is 0 Å². The SMILES string of the molecule is Nc1nc(-c2ccc(F)cc2)c(Cc2ccccc2)c(-c2ccc(F)cc2)n1. The molecule has 3 nitrogen and oxygen atoms in total. The first-order valence-corrected chi connectivity index (χ1v) is 8.82. The van der Waals surface area contributed by atoms with Gasteiger partial charge in [0.2, 0.25) is 5.95 Å². The van der Waals surface area contributed by atoms with Gasteiger partial charge in [-0.2, -0.15) is 0 Å². The lowest BCUT2D eigenvalue weighted by atomic mass is 9.95. The van der Waals surface area contributed by atoms with Gasteiger partial charge in [0.05, 0.1) is 11.4 Å². The number of benzene rings is 3. The lowest BCUT2D eigenvalue weighted by Gasteiger charge is -2.15. The molecule has 2 N–H and O–H groups in total. The highest BCUT2D eigenvalue weighted by Crippen LogP contribution is 2.32. The fraction of sp³-hybridized carbons (Fsp3) is 0.0435. The van der Waals surface area contributed by atoms with Crippen LogP contribution in [-0.4, -0.2) is 9.97 Å². The van der Waals surface area contributed by atoms with E-state index in [1.54, 1.807) is 24.3 Å². The minimum absolute atomic E-state index is 0.107. The van der Waals surface area contributed by atoms with Crippen molar-refractivity contribution in [1.82, 2.24) is 9.97 Å². The monoisotopic (exact) mass is 373 g/mol. The van der Waals surface area contributed by atoms with E-state index >= 15 is 0 Å². The predicted octanol–water partition coefficient (Wildman–Crippen LogP) is 5.26. The fourth-order valence-corrected chi connectivity index (χ4v) is 3.16. The van der Waals surface area contributed by atoms with Crippen molar-refractivity contribution in [3.8, 4) is 22.5 Å². The zero-order chi connectivity index (χ0) is 19.5. The first kappa shape index (κ1) is 17.8. The molecule has 0 aliphatic rings. The van der Waals surface area contributed by atoms with Gasteiger partial charge >= 0.3 is 0 Å². The molecule has 0 saturated carbocycles. The summed E-state index contributed by atoms with van der Waals surface area (Å²) in [5, 5.41) is 0. The maximum absolute atomic E-state index is 13.4. The van der Waals surface area contributed by atoms with Gasteiger partial charge in [-0.15, -0.1) is 0 Å². The van der Waals surface area contributed by atoms with Crippen LogP contribution in [0.4, 0.5) is 14.7 Å². The summed E-state index contributed by atoms with van der Waals surface area (Å²) in [4.78, 5) is 8.89. The number of anilines is 1. The summed E-state index contributed by atoms with van der Waals surface area (Å²) in [6.07, 6.45) is 0.556. The second-order valence-corrected chi connectivity index (χ2v) is 6.43. The van der Waals surface area contributed by atoms with Crippen molar-refractivity contribution in [3.05, 3.63) is 102 Å². The van der Waals surface area contributed by atoms with E-state index in [2.05, 4.69) is 9.97 Å². The minimum Gasteiger partial charge on any atom is -0.368 e. The number of hydrogen-bond acceptors (Lipinski definition) is 3. The highest BCUT2D eigenvalue weighted by molar-refractivity contribution is 5.75. The van der Waals surface area contributed by atoms with E-state index in [0.29, 0.717) is 17.8 Å². The van der Waals surface area contributed by atoms with Crippen molar-refractivity contribution in [1.29, 1.82) is 0 Å². The van der Waals surface area contributed by atoms with Crippen LogP contribution in [0, 0.1) is 11.6 Å². The molecule has 0 bridgehead atoms. The van der Waals surface area contributed by atoms with E-state index in [-0.39, 0.29) is 17.6 Å². The van der Waals surface area contributed by atoms with Crippen LogP contribution in [0.15, 0.2) is 78.9 Å². The molecule has 0 radical (unpaired) electrons. The molecule has 1 heterocycles. The van der Waals surface area contributed by atoms with Crippen LogP contribution < -0.4 is 5.73 Å². The molecule has 4 aromatic rings. The highest BCUT2D eigenvalue weighted by Gasteiger charge is 2.17. The second kappa shape index (κ2) is 7.56. The molecule has 4 rings (SSSR count). The number of halogens is 2. The molecule has 28 heavy (non-hydrogen) atoms. The zero-order valence-electron chi connectivity index (χ0n) is 14.9. The quantitative estimate of drug-likeness (QED) is 0.531. The standard InChI is InChI=1S/C23H17F2N3/c24-18-10-6-16(7-11-18)21-20(14-15-4-2-1-3-5-15)22(28-23(26)27-21)17-8-12-19(25)13-9-17/h1-13H,14H2,(H2,26,27,28). The Morgan fingerprint density at radius 1 is 0.643 bits per heavy atom. The maximum Gasteiger partial charge on any atom is 0.221 e. The Morgan fingerprint density at radius 2 is 1.11 bits per heavy atom. The fourth-order valence-electron chi connectivity index (χ4n) is 3.16. The highest BCUT2D eigenvalue weighted by atomic mass is 19.1. The first-order chi connectivity index (χ1) is 13.6. The number of nitrogens with zero attached hydrogens (tertiary/aromatic N) is 2. The van der Waals surface area contributed by atoms with Crippen LogP contribution in [0.5, 0.6) is 0 Å². The molecule has 138 valence electrons. The van der Waals surface area contributed by atoms with Crippen LogP contribution in [0.1, 0.15) is 11.1 Å². The predicted molar refractivity (Wildman–Crippen MR) is 106 cm³/mol. The van der Waals surface area contributed by atoms with Crippen molar-refractivity contribution in [2.75, 3.05) is 5.73 Å². The molecule has 0 spiro atoms. The molecule has 0 fully saturated rings. The summed E-state index contributed by atoms with van der Waals surface area (Å²) in [6, 6.07) is 22.1. The molecule has 0 aliphatic carbocycles. The normalized spacial score (nSPS) is 10.8. The zero-order valence-corrected chi connectivity index (χ0v) is 14.9. The Hall–Kier alpha value is -3.60. The lowest BCUT2D eigenvalue weighted by Crippen LogP contribution is -2.06. The van der Waals surface area contributed by atoms with Gasteiger partial charge in [-0.1, -0.05) is 30.3 Å². The molecular formula is C23H17F2N3. The molecule has 5 heteroatoms. The maximum atomic E-state index is 13.4. The molecule has 0 saturated heterocycles. The van der Waals surface area contributed by atoms with Gasteiger partial charge in [0, 0.05) is 23.1 Å². The Morgan fingerprint density at radius 3 is 1.57 bits per heavy atom. The van der Waals surface area contributed by atoms with Crippen molar-refractivity contribution in [2.24, 2.45) is 0 Å². The van der Waals surface area contributed by atoms with Crippen LogP contribution in [0.3, 0.4) is 0 Å². The summed E-state index contributed by atoms with van der Waals surface area (Å²) in [6.45, 7) is 0. The first-order valence-electron chi connectivity index (χ1n) is 8.82. The average Bonchev–Trinajstić information content (AvgIpc) is 2.71. The van der Waals surface area contributed by atoms with Gasteiger partial charge in [0.1, 0.15) is 11.6 Å². The van der Waals surface area contributed by atoms with Gasteiger partial charge in [0.15, 0.2) is 0 Å². The molecular weight excluding hydrogens is 356 g/mol. The Bertz CT molecular complexity index is 1030. The molecule has 0 amide bonds. The van der Waals surface area contributed by atoms with Crippen molar-refractivity contribution >= 4 is 5.95 Å². The van der Waals surface area contributed by atoms with Gasteiger partial charge in [-0.3, -0.25) is 0 Å². The Balaban J connectivity index is 1.94. The number of rotatable bonds is 4. The topological polar surface area (TPSA) is 51.8 Å². The smallest absolute Gasteiger partial charge is 0.221 e. The number of nitrogens with two attached hydrogens (primary N) is 1. The Labute approximate surface area is 161 Å². The summed E-state index contributed by atoms with van der Waals surface area (Å²) < 4.78 is 26.8. The number of aromatic nitrogens is 2. The van der Waals surface area contributed by atoms with Gasteiger partial charge in [-0.25, -0.2) is 18.7 Å². The second-order valence-electron chi connectivity index (χ2n) is 6.43. The molecule has 3 aromatic carbocycles. The lowest BCUT2D eigenvalue weighted by molar-refractivity contribution is 0.627. The van der Waals surface area contributed by atoms with Gasteiger partial charge in [0.25, 0.3) is 0 Å². The molecule has 0 aliphatic heterocycles. The minimum atomic E-state index is -0.325. The van der Waals surface area contributed by atoms with E-state index in [1.165, 1.54) is 24.3 Å². The van der Waals surface area contributed by atoms with Crippen LogP contribution in [-0.2, 0) is 6.42 Å². The molecule has 0 atom stereocenters. The van der Waals surface area contributed by atoms with E-state index in [1.807, 2.05) is 30.3 Å². The van der Waals surface area contributed by atoms with Crippen LogP contribution >= 0.6 is 0 Å². The van der Waals surface area contributed by atoms with Gasteiger partial charge in [-0.05, 0) is 54.1 Å². The third-order valence-electron chi connectivity index (χ3n) is 4.48. The van der Waals surface area contributed by atoms with E-state index in [0.717, 1.165) is 22.3 Å². The third kappa shape index (κ3) is 3.74. The summed E-state index contributed by atoms with van der Waals surface area (Å²) in [7, 11) is 0. The number of nitrogen functional groups attached to an aromatic ring is 1.